The molecule has 0 bridgehead atoms. The molecule has 0 amide bonds. The van der Waals surface area contributed by atoms with Gasteiger partial charge in [-0.3, -0.25) is 0 Å². The number of hydrogen-bond donors (Lipinski definition) is 0. The quantitative estimate of drug-likeness (QED) is 0.858. The fourth-order valence-corrected chi connectivity index (χ4v) is 4.63. The lowest BCUT2D eigenvalue weighted by Crippen LogP contribution is -2.38. The third kappa shape index (κ3) is 3.71. The zero-order chi connectivity index (χ0) is 15.6. The van der Waals surface area contributed by atoms with Crippen molar-refractivity contribution in [1.29, 1.82) is 0 Å². The number of sulfonamides is 1. The molecule has 2 heterocycles. The molecule has 1 aliphatic rings. The highest BCUT2D eigenvalue weighted by Crippen LogP contribution is 2.30. The molecule has 0 N–H and O–H groups in total. The third-order valence-electron chi connectivity index (χ3n) is 3.88. The number of hydrogen-bond acceptors (Lipinski definition) is 5. The van der Waals surface area contributed by atoms with Gasteiger partial charge in [0.1, 0.15) is 10.0 Å². The van der Waals surface area contributed by atoms with E-state index in [1.807, 2.05) is 18.2 Å². The first kappa shape index (κ1) is 15.6. The molecule has 1 aromatic heterocycles. The third-order valence-corrected chi connectivity index (χ3v) is 6.24. The maximum Gasteiger partial charge on any atom is 0.211 e. The molecule has 0 spiro atoms. The summed E-state index contributed by atoms with van der Waals surface area (Å²) in [5.41, 5.74) is 1.21. The molecule has 0 radical (unpaired) electrons. The second-order valence-electron chi connectivity index (χ2n) is 5.66. The highest BCUT2D eigenvalue weighted by atomic mass is 32.2. The first-order valence-electron chi connectivity index (χ1n) is 7.34. The molecule has 1 atom stereocenters. The molecule has 1 fully saturated rings. The maximum atomic E-state index is 11.7. The van der Waals surface area contributed by atoms with Crippen LogP contribution in [0.2, 0.25) is 0 Å². The Morgan fingerprint density at radius 1 is 1.27 bits per heavy atom. The summed E-state index contributed by atoms with van der Waals surface area (Å²) < 4.78 is 25.0. The van der Waals surface area contributed by atoms with Crippen LogP contribution in [0.4, 0.5) is 0 Å². The summed E-state index contributed by atoms with van der Waals surface area (Å²) in [4.78, 5) is 0. The van der Waals surface area contributed by atoms with Gasteiger partial charge in [-0.2, -0.15) is 0 Å². The van der Waals surface area contributed by atoms with Gasteiger partial charge in [0.15, 0.2) is 0 Å². The predicted molar refractivity (Wildman–Crippen MR) is 87.5 cm³/mol. The van der Waals surface area contributed by atoms with E-state index in [4.69, 9.17) is 0 Å². The lowest BCUT2D eigenvalue weighted by atomic mass is 10.0. The van der Waals surface area contributed by atoms with Crippen molar-refractivity contribution in [3.8, 4) is 0 Å². The van der Waals surface area contributed by atoms with Crippen LogP contribution in [0, 0.1) is 0 Å². The monoisotopic (exact) mass is 337 g/mol. The van der Waals surface area contributed by atoms with Gasteiger partial charge in [-0.15, -0.1) is 21.5 Å². The van der Waals surface area contributed by atoms with Gasteiger partial charge in [0.2, 0.25) is 10.0 Å². The second kappa shape index (κ2) is 6.44. The van der Waals surface area contributed by atoms with E-state index in [2.05, 4.69) is 22.3 Å². The zero-order valence-electron chi connectivity index (χ0n) is 12.5. The summed E-state index contributed by atoms with van der Waals surface area (Å²) in [5, 5.41) is 10.5. The highest BCUT2D eigenvalue weighted by Gasteiger charge is 2.28. The molecule has 1 saturated heterocycles. The van der Waals surface area contributed by atoms with Gasteiger partial charge in [-0.25, -0.2) is 12.7 Å². The SMILES string of the molecule is CS(=O)(=O)N1CCCC(c2nnc(Cc3ccccc3)s2)C1. The summed E-state index contributed by atoms with van der Waals surface area (Å²) in [6.45, 7) is 1.14. The van der Waals surface area contributed by atoms with Crippen molar-refractivity contribution in [2.75, 3.05) is 19.3 Å². The minimum atomic E-state index is -3.12. The fraction of sp³-hybridized carbons (Fsp3) is 0.467. The molecule has 2 aromatic rings. The molecule has 118 valence electrons. The zero-order valence-corrected chi connectivity index (χ0v) is 14.1. The number of benzene rings is 1. The summed E-state index contributed by atoms with van der Waals surface area (Å²) in [6, 6.07) is 10.2. The Morgan fingerprint density at radius 3 is 2.77 bits per heavy atom. The maximum absolute atomic E-state index is 11.7. The molecule has 1 unspecified atom stereocenters. The second-order valence-corrected chi connectivity index (χ2v) is 8.73. The molecule has 1 aromatic carbocycles. The summed E-state index contributed by atoms with van der Waals surface area (Å²) in [5.74, 6) is 0.172. The van der Waals surface area contributed by atoms with Crippen molar-refractivity contribution in [2.45, 2.75) is 25.2 Å². The Kier molecular flexibility index (Phi) is 4.56. The summed E-state index contributed by atoms with van der Waals surface area (Å²) >= 11 is 1.60. The van der Waals surface area contributed by atoms with Crippen LogP contribution in [0.3, 0.4) is 0 Å². The Bertz CT molecular complexity index is 728. The van der Waals surface area contributed by atoms with Crippen LogP contribution >= 0.6 is 11.3 Å². The molecular formula is C15H19N3O2S2. The number of rotatable bonds is 4. The van der Waals surface area contributed by atoms with Gasteiger partial charge >= 0.3 is 0 Å². The van der Waals surface area contributed by atoms with E-state index in [0.29, 0.717) is 13.1 Å². The van der Waals surface area contributed by atoms with Crippen molar-refractivity contribution in [2.24, 2.45) is 0 Å². The largest absolute Gasteiger partial charge is 0.213 e. The predicted octanol–water partition coefficient (Wildman–Crippen LogP) is 2.27. The number of aromatic nitrogens is 2. The van der Waals surface area contributed by atoms with Gasteiger partial charge in [0.05, 0.1) is 6.26 Å². The Labute approximate surface area is 135 Å². The van der Waals surface area contributed by atoms with Gasteiger partial charge in [0, 0.05) is 25.4 Å². The minimum Gasteiger partial charge on any atom is -0.213 e. The Hall–Kier alpha value is -1.31. The van der Waals surface area contributed by atoms with Crippen LogP contribution in [0.25, 0.3) is 0 Å². The van der Waals surface area contributed by atoms with Crippen molar-refractivity contribution >= 4 is 21.4 Å². The van der Waals surface area contributed by atoms with Gasteiger partial charge < -0.3 is 0 Å². The van der Waals surface area contributed by atoms with E-state index in [1.54, 1.807) is 15.6 Å². The number of nitrogens with zero attached hydrogens (tertiary/aromatic N) is 3. The van der Waals surface area contributed by atoms with Crippen LogP contribution in [0.1, 0.15) is 34.3 Å². The Balaban J connectivity index is 1.71. The van der Waals surface area contributed by atoms with E-state index in [-0.39, 0.29) is 5.92 Å². The molecule has 5 nitrogen and oxygen atoms in total. The first-order valence-corrected chi connectivity index (χ1v) is 10.00. The molecule has 1 aliphatic heterocycles. The molecular weight excluding hydrogens is 318 g/mol. The van der Waals surface area contributed by atoms with Crippen LogP contribution in [0.15, 0.2) is 30.3 Å². The molecule has 0 saturated carbocycles. The van der Waals surface area contributed by atoms with Crippen molar-refractivity contribution in [3.05, 3.63) is 45.9 Å². The van der Waals surface area contributed by atoms with E-state index in [9.17, 15) is 8.42 Å². The smallest absolute Gasteiger partial charge is 0.211 e. The van der Waals surface area contributed by atoms with Gasteiger partial charge in [-0.1, -0.05) is 30.3 Å². The first-order chi connectivity index (χ1) is 10.5. The average Bonchev–Trinajstić information content (AvgIpc) is 2.96. The van der Waals surface area contributed by atoms with Crippen LogP contribution in [0.5, 0.6) is 0 Å². The molecule has 3 rings (SSSR count). The normalized spacial score (nSPS) is 20.1. The standard InChI is InChI=1S/C15H19N3O2S2/c1-22(19,20)18-9-5-8-13(11-18)15-17-16-14(21-15)10-12-6-3-2-4-7-12/h2-4,6-7,13H,5,8-11H2,1H3. The Morgan fingerprint density at radius 2 is 2.05 bits per heavy atom. The van der Waals surface area contributed by atoms with Crippen LogP contribution in [-0.2, 0) is 16.4 Å². The summed E-state index contributed by atoms with van der Waals surface area (Å²) in [6.07, 6.45) is 3.91. The van der Waals surface area contributed by atoms with E-state index >= 15 is 0 Å². The van der Waals surface area contributed by atoms with Crippen molar-refractivity contribution < 1.29 is 8.42 Å². The van der Waals surface area contributed by atoms with E-state index in [1.165, 1.54) is 11.8 Å². The topological polar surface area (TPSA) is 63.2 Å². The van der Waals surface area contributed by atoms with Crippen molar-refractivity contribution in [1.82, 2.24) is 14.5 Å². The lowest BCUT2D eigenvalue weighted by molar-refractivity contribution is 0.316. The molecule has 7 heteroatoms. The average molecular weight is 337 g/mol. The van der Waals surface area contributed by atoms with Crippen LogP contribution < -0.4 is 0 Å². The van der Waals surface area contributed by atoms with Crippen LogP contribution in [-0.4, -0.2) is 42.3 Å². The van der Waals surface area contributed by atoms with Gasteiger partial charge in [-0.05, 0) is 18.4 Å². The summed E-state index contributed by atoms with van der Waals surface area (Å²) in [7, 11) is -3.12. The lowest BCUT2D eigenvalue weighted by Gasteiger charge is -2.29. The highest BCUT2D eigenvalue weighted by molar-refractivity contribution is 7.88. The molecule has 0 aliphatic carbocycles. The molecule has 22 heavy (non-hydrogen) atoms. The fourth-order valence-electron chi connectivity index (χ4n) is 2.72. The number of piperidine rings is 1. The minimum absolute atomic E-state index is 0.172. The van der Waals surface area contributed by atoms with E-state index in [0.717, 1.165) is 29.3 Å². The van der Waals surface area contributed by atoms with Gasteiger partial charge in [0.25, 0.3) is 0 Å². The van der Waals surface area contributed by atoms with E-state index < -0.39 is 10.0 Å². The van der Waals surface area contributed by atoms with Crippen molar-refractivity contribution in [3.63, 3.8) is 0 Å².